The van der Waals surface area contributed by atoms with Crippen molar-refractivity contribution in [3.63, 3.8) is 0 Å². The minimum absolute atomic E-state index is 0.00132. The number of anilines is 1. The summed E-state index contributed by atoms with van der Waals surface area (Å²) in [4.78, 5) is 25.6. The van der Waals surface area contributed by atoms with Gasteiger partial charge in [-0.1, -0.05) is 19.9 Å². The van der Waals surface area contributed by atoms with Crippen molar-refractivity contribution in [2.45, 2.75) is 33.1 Å². The summed E-state index contributed by atoms with van der Waals surface area (Å²) in [7, 11) is 0. The first-order chi connectivity index (χ1) is 9.15. The predicted molar refractivity (Wildman–Crippen MR) is 75.3 cm³/mol. The number of nitrogens with zero attached hydrogens (tertiary/aromatic N) is 1. The Morgan fingerprint density at radius 2 is 1.95 bits per heavy atom. The molecule has 1 N–H and O–H groups in total. The van der Waals surface area contributed by atoms with Crippen LogP contribution in [-0.2, 0) is 11.2 Å². The van der Waals surface area contributed by atoms with Gasteiger partial charge in [0.25, 0.3) is 5.91 Å². The van der Waals surface area contributed by atoms with E-state index < -0.39 is 0 Å². The van der Waals surface area contributed by atoms with Gasteiger partial charge in [0, 0.05) is 24.3 Å². The largest absolute Gasteiger partial charge is 0.339 e. The Morgan fingerprint density at radius 3 is 2.58 bits per heavy atom. The quantitative estimate of drug-likeness (QED) is 0.884. The van der Waals surface area contributed by atoms with Crippen molar-refractivity contribution in [1.29, 1.82) is 0 Å². The van der Waals surface area contributed by atoms with Gasteiger partial charge in [0.15, 0.2) is 0 Å². The molecule has 102 valence electrons. The van der Waals surface area contributed by atoms with Gasteiger partial charge in [0.2, 0.25) is 5.91 Å². The molecule has 0 saturated heterocycles. The molecule has 0 saturated carbocycles. The smallest absolute Gasteiger partial charge is 0.253 e. The summed E-state index contributed by atoms with van der Waals surface area (Å²) < 4.78 is 0. The molecule has 0 unspecified atom stereocenters. The van der Waals surface area contributed by atoms with Gasteiger partial charge in [-0.2, -0.15) is 0 Å². The number of rotatable bonds is 5. The highest BCUT2D eigenvalue weighted by Crippen LogP contribution is 2.24. The number of benzene rings is 1. The summed E-state index contributed by atoms with van der Waals surface area (Å²) in [5.74, 6) is 0.0474. The molecule has 1 aromatic carbocycles. The van der Waals surface area contributed by atoms with Crippen LogP contribution in [0.15, 0.2) is 18.2 Å². The lowest BCUT2D eigenvalue weighted by Gasteiger charge is -2.21. The molecular formula is C15H20N2O2. The number of fused-ring (bicyclic) bond motifs is 1. The molecule has 19 heavy (non-hydrogen) atoms. The average Bonchev–Trinajstić information content (AvgIpc) is 2.76. The summed E-state index contributed by atoms with van der Waals surface area (Å²) in [5, 5.41) is 2.79. The van der Waals surface area contributed by atoms with E-state index in [0.29, 0.717) is 12.0 Å². The minimum atomic E-state index is -0.00132. The maximum Gasteiger partial charge on any atom is 0.253 e. The molecule has 0 aliphatic carbocycles. The number of amides is 2. The van der Waals surface area contributed by atoms with E-state index in [4.69, 9.17) is 0 Å². The zero-order chi connectivity index (χ0) is 13.8. The number of carbonyl (C=O) groups is 2. The summed E-state index contributed by atoms with van der Waals surface area (Å²) >= 11 is 0. The maximum atomic E-state index is 12.4. The van der Waals surface area contributed by atoms with E-state index >= 15 is 0 Å². The van der Waals surface area contributed by atoms with Crippen molar-refractivity contribution >= 4 is 17.5 Å². The van der Waals surface area contributed by atoms with E-state index in [1.165, 1.54) is 0 Å². The SMILES string of the molecule is CCCN(CCC)C(=O)c1ccc2c(c1)NC(=O)C2. The average molecular weight is 260 g/mol. The van der Waals surface area contributed by atoms with Crippen LogP contribution in [0.5, 0.6) is 0 Å². The molecule has 0 fully saturated rings. The van der Waals surface area contributed by atoms with Crippen LogP contribution in [0.25, 0.3) is 0 Å². The zero-order valence-electron chi connectivity index (χ0n) is 11.5. The van der Waals surface area contributed by atoms with Crippen LogP contribution >= 0.6 is 0 Å². The van der Waals surface area contributed by atoms with Crippen LogP contribution in [0.2, 0.25) is 0 Å². The van der Waals surface area contributed by atoms with Gasteiger partial charge in [0.1, 0.15) is 0 Å². The first-order valence-electron chi connectivity index (χ1n) is 6.87. The second kappa shape index (κ2) is 5.87. The third kappa shape index (κ3) is 2.95. The second-order valence-electron chi connectivity index (χ2n) is 4.89. The maximum absolute atomic E-state index is 12.4. The first kappa shape index (κ1) is 13.6. The highest BCUT2D eigenvalue weighted by atomic mass is 16.2. The minimum Gasteiger partial charge on any atom is -0.339 e. The molecule has 1 aromatic rings. The van der Waals surface area contributed by atoms with Crippen molar-refractivity contribution in [1.82, 2.24) is 4.90 Å². The van der Waals surface area contributed by atoms with Gasteiger partial charge in [0.05, 0.1) is 6.42 Å². The molecule has 1 aliphatic rings. The molecule has 0 aromatic heterocycles. The fraction of sp³-hybridized carbons (Fsp3) is 0.467. The van der Waals surface area contributed by atoms with Crippen molar-refractivity contribution < 1.29 is 9.59 Å². The summed E-state index contributed by atoms with van der Waals surface area (Å²) in [6.07, 6.45) is 2.32. The van der Waals surface area contributed by atoms with Crippen molar-refractivity contribution in [2.24, 2.45) is 0 Å². The molecule has 0 bridgehead atoms. The topological polar surface area (TPSA) is 49.4 Å². The Labute approximate surface area is 113 Å². The van der Waals surface area contributed by atoms with E-state index in [-0.39, 0.29) is 11.8 Å². The Kier molecular flexibility index (Phi) is 4.20. The van der Waals surface area contributed by atoms with Crippen LogP contribution in [0.1, 0.15) is 42.6 Å². The zero-order valence-corrected chi connectivity index (χ0v) is 11.5. The molecule has 1 heterocycles. The van der Waals surface area contributed by atoms with Gasteiger partial charge in [-0.3, -0.25) is 9.59 Å². The number of carbonyl (C=O) groups excluding carboxylic acids is 2. The molecule has 0 radical (unpaired) electrons. The third-order valence-corrected chi connectivity index (χ3v) is 3.26. The van der Waals surface area contributed by atoms with Gasteiger partial charge >= 0.3 is 0 Å². The molecule has 0 atom stereocenters. The standard InChI is InChI=1S/C15H20N2O2/c1-3-7-17(8-4-2)15(19)12-6-5-11-10-14(18)16-13(11)9-12/h5-6,9H,3-4,7-8,10H2,1-2H3,(H,16,18). The first-order valence-corrected chi connectivity index (χ1v) is 6.87. The summed E-state index contributed by atoms with van der Waals surface area (Å²) in [6, 6.07) is 5.48. The van der Waals surface area contributed by atoms with E-state index in [2.05, 4.69) is 19.2 Å². The van der Waals surface area contributed by atoms with Crippen LogP contribution in [-0.4, -0.2) is 29.8 Å². The van der Waals surface area contributed by atoms with E-state index in [0.717, 1.165) is 37.2 Å². The van der Waals surface area contributed by atoms with Crippen LogP contribution in [0, 0.1) is 0 Å². The molecule has 4 heteroatoms. The van der Waals surface area contributed by atoms with Crippen molar-refractivity contribution in [2.75, 3.05) is 18.4 Å². The number of hydrogen-bond acceptors (Lipinski definition) is 2. The normalized spacial score (nSPS) is 13.1. The molecule has 0 spiro atoms. The highest BCUT2D eigenvalue weighted by Gasteiger charge is 2.20. The molecule has 1 aliphatic heterocycles. The molecule has 2 amide bonds. The van der Waals surface area contributed by atoms with Crippen molar-refractivity contribution in [3.8, 4) is 0 Å². The van der Waals surface area contributed by atoms with E-state index in [1.807, 2.05) is 17.0 Å². The van der Waals surface area contributed by atoms with Crippen molar-refractivity contribution in [3.05, 3.63) is 29.3 Å². The fourth-order valence-corrected chi connectivity index (χ4v) is 2.38. The predicted octanol–water partition coefficient (Wildman–Crippen LogP) is 2.44. The van der Waals surface area contributed by atoms with Crippen LogP contribution in [0.4, 0.5) is 5.69 Å². The lowest BCUT2D eigenvalue weighted by molar-refractivity contribution is -0.115. The summed E-state index contributed by atoms with van der Waals surface area (Å²) in [6.45, 7) is 5.68. The Hall–Kier alpha value is -1.84. The van der Waals surface area contributed by atoms with Gasteiger partial charge in [-0.15, -0.1) is 0 Å². The lowest BCUT2D eigenvalue weighted by atomic mass is 10.1. The highest BCUT2D eigenvalue weighted by molar-refractivity contribution is 6.02. The Morgan fingerprint density at radius 1 is 1.26 bits per heavy atom. The van der Waals surface area contributed by atoms with Crippen LogP contribution < -0.4 is 5.32 Å². The number of hydrogen-bond donors (Lipinski definition) is 1. The van der Waals surface area contributed by atoms with Crippen LogP contribution in [0.3, 0.4) is 0 Å². The summed E-state index contributed by atoms with van der Waals surface area (Å²) in [5.41, 5.74) is 2.41. The third-order valence-electron chi connectivity index (χ3n) is 3.26. The number of nitrogens with one attached hydrogen (secondary N) is 1. The molecule has 2 rings (SSSR count). The Bertz CT molecular complexity index is 491. The second-order valence-corrected chi connectivity index (χ2v) is 4.89. The van der Waals surface area contributed by atoms with Gasteiger partial charge in [-0.25, -0.2) is 0 Å². The fourth-order valence-electron chi connectivity index (χ4n) is 2.38. The lowest BCUT2D eigenvalue weighted by Crippen LogP contribution is -2.32. The van der Waals surface area contributed by atoms with E-state index in [9.17, 15) is 9.59 Å². The Balaban J connectivity index is 2.19. The van der Waals surface area contributed by atoms with E-state index in [1.54, 1.807) is 6.07 Å². The monoisotopic (exact) mass is 260 g/mol. The molecule has 4 nitrogen and oxygen atoms in total. The molecular weight excluding hydrogens is 240 g/mol. The van der Waals surface area contributed by atoms with Gasteiger partial charge in [-0.05, 0) is 30.5 Å². The van der Waals surface area contributed by atoms with Gasteiger partial charge < -0.3 is 10.2 Å².